The van der Waals surface area contributed by atoms with Gasteiger partial charge in [0.1, 0.15) is 0 Å². The quantitative estimate of drug-likeness (QED) is 0.734. The van der Waals surface area contributed by atoms with Gasteiger partial charge in [-0.05, 0) is 37.5 Å². The number of rotatable bonds is 2. The van der Waals surface area contributed by atoms with Crippen LogP contribution in [0.15, 0.2) is 0 Å². The van der Waals surface area contributed by atoms with E-state index in [1.807, 2.05) is 0 Å². The van der Waals surface area contributed by atoms with E-state index < -0.39 is 0 Å². The molecule has 0 aromatic carbocycles. The van der Waals surface area contributed by atoms with Crippen molar-refractivity contribution in [1.29, 1.82) is 0 Å². The van der Waals surface area contributed by atoms with Gasteiger partial charge in [-0.1, -0.05) is 26.7 Å². The van der Waals surface area contributed by atoms with Gasteiger partial charge in [0.15, 0.2) is 0 Å². The van der Waals surface area contributed by atoms with Crippen LogP contribution in [0.1, 0.15) is 52.4 Å². The SMILES string of the molecule is CC1CCC(N[C@H]2CCCC[C@@H]2O)C1C. The standard InChI is InChI=1S/C13H25NO/c1-9-7-8-11(10(9)2)14-12-5-3-4-6-13(12)15/h9-15H,3-8H2,1-2H3/t9?,10?,11?,12-,13-/m0/s1. The maximum atomic E-state index is 9.92. The molecule has 2 N–H and O–H groups in total. The Hall–Kier alpha value is -0.0800. The van der Waals surface area contributed by atoms with Gasteiger partial charge in [-0.2, -0.15) is 0 Å². The van der Waals surface area contributed by atoms with Crippen molar-refractivity contribution in [1.82, 2.24) is 5.32 Å². The monoisotopic (exact) mass is 211 g/mol. The molecule has 2 heteroatoms. The third-order valence-corrected chi connectivity index (χ3v) is 4.62. The highest BCUT2D eigenvalue weighted by atomic mass is 16.3. The molecule has 0 aromatic heterocycles. The van der Waals surface area contributed by atoms with Gasteiger partial charge in [-0.3, -0.25) is 0 Å². The summed E-state index contributed by atoms with van der Waals surface area (Å²) in [5, 5.41) is 13.6. The van der Waals surface area contributed by atoms with Crippen LogP contribution >= 0.6 is 0 Å². The highest BCUT2D eigenvalue weighted by molar-refractivity contribution is 4.90. The maximum Gasteiger partial charge on any atom is 0.0693 e. The van der Waals surface area contributed by atoms with Gasteiger partial charge in [-0.25, -0.2) is 0 Å². The molecular formula is C13H25NO. The van der Waals surface area contributed by atoms with Gasteiger partial charge >= 0.3 is 0 Å². The second-order valence-electron chi connectivity index (χ2n) is 5.65. The van der Waals surface area contributed by atoms with Crippen LogP contribution in [0.5, 0.6) is 0 Å². The lowest BCUT2D eigenvalue weighted by Crippen LogP contribution is -2.48. The minimum atomic E-state index is -0.0955. The molecule has 0 aliphatic heterocycles. The average molecular weight is 211 g/mol. The lowest BCUT2D eigenvalue weighted by molar-refractivity contribution is 0.0815. The van der Waals surface area contributed by atoms with Crippen molar-refractivity contribution in [2.75, 3.05) is 0 Å². The molecule has 0 amide bonds. The lowest BCUT2D eigenvalue weighted by atomic mass is 9.90. The Morgan fingerprint density at radius 1 is 0.933 bits per heavy atom. The number of hydrogen-bond acceptors (Lipinski definition) is 2. The molecule has 2 nitrogen and oxygen atoms in total. The summed E-state index contributed by atoms with van der Waals surface area (Å²) in [4.78, 5) is 0. The third-order valence-electron chi connectivity index (χ3n) is 4.62. The van der Waals surface area contributed by atoms with Crippen LogP contribution in [0.2, 0.25) is 0 Å². The summed E-state index contributed by atoms with van der Waals surface area (Å²) in [5.41, 5.74) is 0. The highest BCUT2D eigenvalue weighted by Crippen LogP contribution is 2.32. The first-order valence-corrected chi connectivity index (χ1v) is 6.62. The largest absolute Gasteiger partial charge is 0.392 e. The van der Waals surface area contributed by atoms with E-state index in [9.17, 15) is 5.11 Å². The Morgan fingerprint density at radius 2 is 1.67 bits per heavy atom. The van der Waals surface area contributed by atoms with E-state index in [0.717, 1.165) is 18.3 Å². The number of hydrogen-bond donors (Lipinski definition) is 2. The smallest absolute Gasteiger partial charge is 0.0693 e. The van der Waals surface area contributed by atoms with Crippen molar-refractivity contribution in [3.8, 4) is 0 Å². The second-order valence-corrected chi connectivity index (χ2v) is 5.65. The molecule has 0 bridgehead atoms. The fourth-order valence-corrected chi connectivity index (χ4v) is 3.18. The van der Waals surface area contributed by atoms with Crippen molar-refractivity contribution in [3.63, 3.8) is 0 Å². The molecule has 15 heavy (non-hydrogen) atoms. The van der Waals surface area contributed by atoms with Crippen LogP contribution < -0.4 is 5.32 Å². The van der Waals surface area contributed by atoms with Gasteiger partial charge in [0, 0.05) is 12.1 Å². The van der Waals surface area contributed by atoms with Crippen LogP contribution in [-0.2, 0) is 0 Å². The maximum absolute atomic E-state index is 9.92. The van der Waals surface area contributed by atoms with Gasteiger partial charge in [0.05, 0.1) is 6.10 Å². The van der Waals surface area contributed by atoms with Crippen LogP contribution in [0.3, 0.4) is 0 Å². The normalized spacial score (nSPS) is 47.0. The van der Waals surface area contributed by atoms with Crippen molar-refractivity contribution in [3.05, 3.63) is 0 Å². The highest BCUT2D eigenvalue weighted by Gasteiger charge is 2.33. The molecule has 2 aliphatic rings. The van der Waals surface area contributed by atoms with Crippen molar-refractivity contribution in [2.45, 2.75) is 70.6 Å². The second kappa shape index (κ2) is 4.84. The zero-order valence-electron chi connectivity index (χ0n) is 10.1. The molecule has 2 rings (SSSR count). The lowest BCUT2D eigenvalue weighted by Gasteiger charge is -2.32. The van der Waals surface area contributed by atoms with E-state index in [1.165, 1.54) is 32.1 Å². The summed E-state index contributed by atoms with van der Waals surface area (Å²) in [6.07, 6.45) is 7.20. The van der Waals surface area contributed by atoms with Gasteiger partial charge < -0.3 is 10.4 Å². The zero-order valence-corrected chi connectivity index (χ0v) is 10.1. The summed E-state index contributed by atoms with van der Waals surface area (Å²) >= 11 is 0. The minimum Gasteiger partial charge on any atom is -0.392 e. The third kappa shape index (κ3) is 2.54. The van der Waals surface area contributed by atoms with Gasteiger partial charge in [-0.15, -0.1) is 0 Å². The van der Waals surface area contributed by atoms with Gasteiger partial charge in [0.2, 0.25) is 0 Å². The Labute approximate surface area is 93.5 Å². The van der Waals surface area contributed by atoms with E-state index in [4.69, 9.17) is 0 Å². The number of nitrogens with one attached hydrogen (secondary N) is 1. The molecule has 3 unspecified atom stereocenters. The molecule has 0 spiro atoms. The average Bonchev–Trinajstić information content (AvgIpc) is 2.53. The minimum absolute atomic E-state index is 0.0955. The fourth-order valence-electron chi connectivity index (χ4n) is 3.18. The molecule has 2 aliphatic carbocycles. The summed E-state index contributed by atoms with van der Waals surface area (Å²) in [6, 6.07) is 1.02. The Kier molecular flexibility index (Phi) is 3.68. The van der Waals surface area contributed by atoms with Crippen molar-refractivity contribution >= 4 is 0 Å². The van der Waals surface area contributed by atoms with E-state index >= 15 is 0 Å². The molecule has 0 aromatic rings. The molecule has 5 atom stereocenters. The summed E-state index contributed by atoms with van der Waals surface area (Å²) in [5.74, 6) is 1.63. The summed E-state index contributed by atoms with van der Waals surface area (Å²) < 4.78 is 0. The summed E-state index contributed by atoms with van der Waals surface area (Å²) in [7, 11) is 0. The fraction of sp³-hybridized carbons (Fsp3) is 1.00. The Bertz CT molecular complexity index is 205. The summed E-state index contributed by atoms with van der Waals surface area (Å²) in [6.45, 7) is 4.70. The van der Waals surface area contributed by atoms with Crippen molar-refractivity contribution in [2.24, 2.45) is 11.8 Å². The molecule has 0 radical (unpaired) electrons. The zero-order chi connectivity index (χ0) is 10.8. The molecule has 2 saturated carbocycles. The number of aliphatic hydroxyl groups is 1. The Morgan fingerprint density at radius 3 is 2.27 bits per heavy atom. The van der Waals surface area contributed by atoms with Crippen LogP contribution in [-0.4, -0.2) is 23.3 Å². The van der Waals surface area contributed by atoms with Crippen molar-refractivity contribution < 1.29 is 5.11 Å². The molecule has 2 fully saturated rings. The predicted molar refractivity (Wildman–Crippen MR) is 62.7 cm³/mol. The van der Waals surface area contributed by atoms with Crippen LogP contribution in [0.25, 0.3) is 0 Å². The van der Waals surface area contributed by atoms with E-state index in [2.05, 4.69) is 19.2 Å². The predicted octanol–water partition coefficient (Wildman–Crippen LogP) is 2.31. The van der Waals surface area contributed by atoms with Crippen LogP contribution in [0.4, 0.5) is 0 Å². The van der Waals surface area contributed by atoms with Gasteiger partial charge in [0.25, 0.3) is 0 Å². The topological polar surface area (TPSA) is 32.3 Å². The van der Waals surface area contributed by atoms with E-state index in [1.54, 1.807) is 0 Å². The van der Waals surface area contributed by atoms with E-state index in [-0.39, 0.29) is 6.10 Å². The molecule has 0 saturated heterocycles. The van der Waals surface area contributed by atoms with Crippen LogP contribution in [0, 0.1) is 11.8 Å². The molecular weight excluding hydrogens is 186 g/mol. The van der Waals surface area contributed by atoms with E-state index in [0.29, 0.717) is 12.1 Å². The first-order valence-electron chi connectivity index (χ1n) is 6.62. The molecule has 88 valence electrons. The Balaban J connectivity index is 1.85. The first-order chi connectivity index (χ1) is 7.18. The molecule has 0 heterocycles. The number of aliphatic hydroxyl groups excluding tert-OH is 1. The first kappa shape index (κ1) is 11.4.